The SMILES string of the molecule is Cc1sc2nc(CN3CCN(CC(=O)Nc4ccccc4C#N)CC3)[nH]c(=O)c2c1C. The number of nitrogens with zero attached hydrogens (tertiary/aromatic N) is 4. The summed E-state index contributed by atoms with van der Waals surface area (Å²) in [5.74, 6) is 0.550. The van der Waals surface area contributed by atoms with E-state index in [0.717, 1.165) is 41.5 Å². The fraction of sp³-hybridized carbons (Fsp3) is 0.364. The minimum absolute atomic E-state index is 0.0743. The molecule has 1 aromatic carbocycles. The second kappa shape index (κ2) is 8.98. The molecule has 1 saturated heterocycles. The first kappa shape index (κ1) is 21.2. The molecule has 1 amide bonds. The number of benzene rings is 1. The molecular weight excluding hydrogens is 412 g/mol. The van der Waals surface area contributed by atoms with Crippen LogP contribution in [-0.2, 0) is 11.3 Å². The second-order valence-corrected chi connectivity index (χ2v) is 8.94. The van der Waals surface area contributed by atoms with Crippen LogP contribution in [0.3, 0.4) is 0 Å². The van der Waals surface area contributed by atoms with E-state index in [1.807, 2.05) is 13.8 Å². The summed E-state index contributed by atoms with van der Waals surface area (Å²) in [5, 5.41) is 12.7. The molecule has 3 aromatic rings. The first-order valence-electron chi connectivity index (χ1n) is 10.2. The average molecular weight is 437 g/mol. The molecular formula is C22H24N6O2S. The van der Waals surface area contributed by atoms with Gasteiger partial charge in [0.2, 0.25) is 5.91 Å². The van der Waals surface area contributed by atoms with Crippen LogP contribution in [0.15, 0.2) is 29.1 Å². The van der Waals surface area contributed by atoms with Gasteiger partial charge in [0.25, 0.3) is 5.56 Å². The van der Waals surface area contributed by atoms with E-state index in [4.69, 9.17) is 5.26 Å². The maximum atomic E-state index is 12.5. The van der Waals surface area contributed by atoms with Gasteiger partial charge in [-0.05, 0) is 31.5 Å². The maximum absolute atomic E-state index is 12.5. The number of carbonyl (C=O) groups is 1. The number of anilines is 1. The Hall–Kier alpha value is -3.06. The maximum Gasteiger partial charge on any atom is 0.259 e. The Bertz CT molecular complexity index is 1220. The zero-order chi connectivity index (χ0) is 22.0. The Morgan fingerprint density at radius 2 is 1.94 bits per heavy atom. The Balaban J connectivity index is 1.32. The molecule has 0 spiro atoms. The van der Waals surface area contributed by atoms with Gasteiger partial charge in [0.15, 0.2) is 0 Å². The van der Waals surface area contributed by atoms with Gasteiger partial charge in [0.05, 0.1) is 29.7 Å². The predicted octanol–water partition coefficient (Wildman–Crippen LogP) is 2.23. The molecule has 31 heavy (non-hydrogen) atoms. The van der Waals surface area contributed by atoms with Crippen molar-refractivity contribution >= 4 is 33.1 Å². The minimum Gasteiger partial charge on any atom is -0.324 e. The summed E-state index contributed by atoms with van der Waals surface area (Å²) < 4.78 is 0. The molecule has 4 rings (SSSR count). The van der Waals surface area contributed by atoms with Crippen LogP contribution in [0.2, 0.25) is 0 Å². The van der Waals surface area contributed by atoms with Gasteiger partial charge in [0, 0.05) is 31.1 Å². The quantitative estimate of drug-likeness (QED) is 0.636. The van der Waals surface area contributed by atoms with E-state index < -0.39 is 0 Å². The number of nitriles is 1. The normalized spacial score (nSPS) is 15.1. The van der Waals surface area contributed by atoms with Crippen LogP contribution in [0.4, 0.5) is 5.69 Å². The molecule has 0 aliphatic carbocycles. The molecule has 0 atom stereocenters. The monoisotopic (exact) mass is 436 g/mol. The third-order valence-corrected chi connectivity index (χ3v) is 6.72. The largest absolute Gasteiger partial charge is 0.324 e. The topological polar surface area (TPSA) is 105 Å². The fourth-order valence-corrected chi connectivity index (χ4v) is 4.82. The van der Waals surface area contributed by atoms with Crippen LogP contribution < -0.4 is 10.9 Å². The van der Waals surface area contributed by atoms with Gasteiger partial charge in [-0.15, -0.1) is 11.3 Å². The van der Waals surface area contributed by atoms with Crippen molar-refractivity contribution in [3.63, 3.8) is 0 Å². The van der Waals surface area contributed by atoms with E-state index in [1.165, 1.54) is 0 Å². The molecule has 1 fully saturated rings. The number of H-pyrrole nitrogens is 1. The number of para-hydroxylation sites is 1. The van der Waals surface area contributed by atoms with Gasteiger partial charge in [-0.1, -0.05) is 12.1 Å². The van der Waals surface area contributed by atoms with Crippen LogP contribution in [0, 0.1) is 25.2 Å². The number of aromatic amines is 1. The van der Waals surface area contributed by atoms with E-state index in [0.29, 0.717) is 29.0 Å². The Morgan fingerprint density at radius 3 is 2.68 bits per heavy atom. The van der Waals surface area contributed by atoms with Gasteiger partial charge in [-0.3, -0.25) is 19.4 Å². The number of hydrogen-bond acceptors (Lipinski definition) is 7. The molecule has 0 saturated carbocycles. The van der Waals surface area contributed by atoms with Crippen molar-refractivity contribution in [1.82, 2.24) is 19.8 Å². The zero-order valence-corrected chi connectivity index (χ0v) is 18.4. The standard InChI is InChI=1S/C22H24N6O2S/c1-14-15(2)31-22-20(14)21(30)25-18(26-22)12-27-7-9-28(10-8-27)13-19(29)24-17-6-4-3-5-16(17)11-23/h3-6H,7-10,12-13H2,1-2H3,(H,24,29)(H,25,26,30). The van der Waals surface area contributed by atoms with Crippen molar-refractivity contribution < 1.29 is 4.79 Å². The third kappa shape index (κ3) is 4.66. The van der Waals surface area contributed by atoms with Gasteiger partial charge < -0.3 is 10.3 Å². The van der Waals surface area contributed by atoms with Gasteiger partial charge in [-0.25, -0.2) is 4.98 Å². The van der Waals surface area contributed by atoms with E-state index in [2.05, 4.69) is 31.2 Å². The molecule has 2 aromatic heterocycles. The van der Waals surface area contributed by atoms with Gasteiger partial charge in [0.1, 0.15) is 16.7 Å². The Kier molecular flexibility index (Phi) is 6.13. The van der Waals surface area contributed by atoms with Gasteiger partial charge in [-0.2, -0.15) is 5.26 Å². The summed E-state index contributed by atoms with van der Waals surface area (Å²) in [6.07, 6.45) is 0. The van der Waals surface area contributed by atoms with E-state index in [9.17, 15) is 9.59 Å². The molecule has 1 aliphatic heterocycles. The number of piperazine rings is 1. The Morgan fingerprint density at radius 1 is 1.23 bits per heavy atom. The highest BCUT2D eigenvalue weighted by atomic mass is 32.1. The number of thiophene rings is 1. The smallest absolute Gasteiger partial charge is 0.259 e. The number of amides is 1. The molecule has 160 valence electrons. The van der Waals surface area contributed by atoms with Crippen LogP contribution in [0.1, 0.15) is 21.8 Å². The lowest BCUT2D eigenvalue weighted by molar-refractivity contribution is -0.117. The van der Waals surface area contributed by atoms with Crippen molar-refractivity contribution in [3.05, 3.63) is 56.4 Å². The minimum atomic E-state index is -0.129. The third-order valence-electron chi connectivity index (χ3n) is 5.62. The van der Waals surface area contributed by atoms with Crippen LogP contribution in [0.5, 0.6) is 0 Å². The number of nitrogens with one attached hydrogen (secondary N) is 2. The lowest BCUT2D eigenvalue weighted by Crippen LogP contribution is -2.48. The fourth-order valence-electron chi connectivity index (χ4n) is 3.77. The first-order valence-corrected chi connectivity index (χ1v) is 11.0. The highest BCUT2D eigenvalue weighted by Crippen LogP contribution is 2.25. The average Bonchev–Trinajstić information content (AvgIpc) is 3.03. The summed E-state index contributed by atoms with van der Waals surface area (Å²) in [4.78, 5) is 38.7. The highest BCUT2D eigenvalue weighted by molar-refractivity contribution is 7.18. The summed E-state index contributed by atoms with van der Waals surface area (Å²) in [6.45, 7) is 7.89. The lowest BCUT2D eigenvalue weighted by atomic mass is 10.2. The predicted molar refractivity (Wildman–Crippen MR) is 121 cm³/mol. The van der Waals surface area contributed by atoms with E-state index >= 15 is 0 Å². The van der Waals surface area contributed by atoms with Gasteiger partial charge >= 0.3 is 0 Å². The number of fused-ring (bicyclic) bond motifs is 1. The molecule has 1 aliphatic rings. The first-order chi connectivity index (χ1) is 14.9. The lowest BCUT2D eigenvalue weighted by Gasteiger charge is -2.33. The van der Waals surface area contributed by atoms with Crippen molar-refractivity contribution in [2.45, 2.75) is 20.4 Å². The number of hydrogen-bond donors (Lipinski definition) is 2. The number of aromatic nitrogens is 2. The van der Waals surface area contributed by atoms with Crippen molar-refractivity contribution in [1.29, 1.82) is 5.26 Å². The zero-order valence-electron chi connectivity index (χ0n) is 17.6. The number of rotatable bonds is 5. The van der Waals surface area contributed by atoms with Crippen molar-refractivity contribution in [2.24, 2.45) is 0 Å². The molecule has 0 unspecified atom stereocenters. The summed E-state index contributed by atoms with van der Waals surface area (Å²) in [7, 11) is 0. The molecule has 8 nitrogen and oxygen atoms in total. The van der Waals surface area contributed by atoms with Crippen LogP contribution >= 0.6 is 11.3 Å². The molecule has 0 radical (unpaired) electrons. The summed E-state index contributed by atoms with van der Waals surface area (Å²) >= 11 is 1.56. The van der Waals surface area contributed by atoms with Crippen LogP contribution in [-0.4, -0.2) is 58.4 Å². The van der Waals surface area contributed by atoms with E-state index in [1.54, 1.807) is 35.6 Å². The van der Waals surface area contributed by atoms with Crippen LogP contribution in [0.25, 0.3) is 10.2 Å². The van der Waals surface area contributed by atoms with E-state index in [-0.39, 0.29) is 18.0 Å². The highest BCUT2D eigenvalue weighted by Gasteiger charge is 2.21. The summed E-state index contributed by atoms with van der Waals surface area (Å²) in [6, 6.07) is 9.07. The Labute approximate surface area is 184 Å². The van der Waals surface area contributed by atoms with Crippen molar-refractivity contribution in [3.8, 4) is 6.07 Å². The molecule has 2 N–H and O–H groups in total. The molecule has 3 heterocycles. The van der Waals surface area contributed by atoms with Crippen molar-refractivity contribution in [2.75, 3.05) is 38.0 Å². The number of aryl methyl sites for hydroxylation is 2. The molecule has 0 bridgehead atoms. The summed E-state index contributed by atoms with van der Waals surface area (Å²) in [5.41, 5.74) is 1.92. The molecule has 9 heteroatoms. The second-order valence-electron chi connectivity index (χ2n) is 7.73. The number of carbonyl (C=O) groups excluding carboxylic acids is 1.